The number of primary amides is 1. The van der Waals surface area contributed by atoms with E-state index in [2.05, 4.69) is 5.32 Å². The van der Waals surface area contributed by atoms with Crippen LogP contribution in [0.4, 0.5) is 0 Å². The van der Waals surface area contributed by atoms with Gasteiger partial charge in [-0.1, -0.05) is 30.3 Å². The van der Waals surface area contributed by atoms with Gasteiger partial charge in [0.2, 0.25) is 5.91 Å². The highest BCUT2D eigenvalue weighted by atomic mass is 35.5. The molecular formula is C19H24Cl2N2O3. The molecule has 2 aromatic carbocycles. The van der Waals surface area contributed by atoms with Crippen LogP contribution in [0.2, 0.25) is 0 Å². The first-order valence-corrected chi connectivity index (χ1v) is 8.14. The highest BCUT2D eigenvalue weighted by Crippen LogP contribution is 2.41. The second kappa shape index (κ2) is 10.3. The number of benzene rings is 2. The quantitative estimate of drug-likeness (QED) is 0.808. The normalized spacial score (nSPS) is 13.9. The van der Waals surface area contributed by atoms with Crippen LogP contribution in [0.5, 0.6) is 11.5 Å². The van der Waals surface area contributed by atoms with Gasteiger partial charge in [-0.3, -0.25) is 4.79 Å². The maximum atomic E-state index is 12.0. The molecular weight excluding hydrogens is 375 g/mol. The molecule has 0 aromatic heterocycles. The molecule has 5 nitrogen and oxygen atoms in total. The molecule has 0 spiro atoms. The lowest BCUT2D eigenvalue weighted by molar-refractivity contribution is 0.0999. The standard InChI is InChI=1S/C19H22N2O3.2ClH/c1-23-16-8-7-15(19(20)22)17(13-5-3-2-4-6-13)18(16)24-14-9-11-21-12-10-14;;/h2-8,14,21H,9-12H2,1H3,(H2,20,22);2*1H. The summed E-state index contributed by atoms with van der Waals surface area (Å²) in [7, 11) is 1.60. The van der Waals surface area contributed by atoms with Crippen LogP contribution in [0, 0.1) is 0 Å². The minimum Gasteiger partial charge on any atom is -0.493 e. The van der Waals surface area contributed by atoms with Gasteiger partial charge in [0.25, 0.3) is 0 Å². The van der Waals surface area contributed by atoms with Gasteiger partial charge in [0.1, 0.15) is 6.10 Å². The van der Waals surface area contributed by atoms with E-state index in [4.69, 9.17) is 15.2 Å². The lowest BCUT2D eigenvalue weighted by Crippen LogP contribution is -2.34. The summed E-state index contributed by atoms with van der Waals surface area (Å²) in [6.07, 6.45) is 1.92. The van der Waals surface area contributed by atoms with E-state index in [0.29, 0.717) is 22.6 Å². The molecule has 0 unspecified atom stereocenters. The van der Waals surface area contributed by atoms with Crippen LogP contribution in [0.3, 0.4) is 0 Å². The summed E-state index contributed by atoms with van der Waals surface area (Å²) < 4.78 is 11.8. The first kappa shape index (κ1) is 22.1. The predicted molar refractivity (Wildman–Crippen MR) is 108 cm³/mol. The number of piperidine rings is 1. The number of amides is 1. The number of nitrogens with one attached hydrogen (secondary N) is 1. The Bertz CT molecular complexity index is 720. The van der Waals surface area contributed by atoms with E-state index in [9.17, 15) is 4.79 Å². The maximum absolute atomic E-state index is 12.0. The van der Waals surface area contributed by atoms with E-state index in [1.807, 2.05) is 30.3 Å². The fourth-order valence-corrected chi connectivity index (χ4v) is 3.02. The van der Waals surface area contributed by atoms with E-state index >= 15 is 0 Å². The molecule has 26 heavy (non-hydrogen) atoms. The first-order valence-electron chi connectivity index (χ1n) is 8.14. The molecule has 1 heterocycles. The second-order valence-corrected chi connectivity index (χ2v) is 5.82. The molecule has 1 saturated heterocycles. The van der Waals surface area contributed by atoms with Gasteiger partial charge in [0.15, 0.2) is 11.5 Å². The van der Waals surface area contributed by atoms with Crippen LogP contribution in [-0.2, 0) is 0 Å². The molecule has 0 radical (unpaired) electrons. The molecule has 1 aliphatic rings. The van der Waals surface area contributed by atoms with Crippen LogP contribution in [0.25, 0.3) is 11.1 Å². The fourth-order valence-electron chi connectivity index (χ4n) is 3.02. The topological polar surface area (TPSA) is 73.6 Å². The summed E-state index contributed by atoms with van der Waals surface area (Å²) in [5.41, 5.74) is 7.62. The van der Waals surface area contributed by atoms with Crippen molar-refractivity contribution in [3.8, 4) is 22.6 Å². The van der Waals surface area contributed by atoms with Crippen molar-refractivity contribution in [2.75, 3.05) is 20.2 Å². The molecule has 2 aromatic rings. The van der Waals surface area contributed by atoms with E-state index < -0.39 is 5.91 Å². The minimum atomic E-state index is -0.480. The number of hydrogen-bond donors (Lipinski definition) is 2. The number of ether oxygens (including phenoxy) is 2. The van der Waals surface area contributed by atoms with Gasteiger partial charge in [-0.2, -0.15) is 0 Å². The molecule has 3 N–H and O–H groups in total. The summed E-state index contributed by atoms with van der Waals surface area (Å²) in [5.74, 6) is 0.718. The molecule has 142 valence electrons. The van der Waals surface area contributed by atoms with Gasteiger partial charge >= 0.3 is 0 Å². The Kier molecular flexibility index (Phi) is 8.72. The SMILES string of the molecule is COc1ccc(C(N)=O)c(-c2ccccc2)c1OC1CCNCC1.Cl.Cl. The minimum absolute atomic E-state index is 0. The van der Waals surface area contributed by atoms with Gasteiger partial charge in [-0.15, -0.1) is 24.8 Å². The van der Waals surface area contributed by atoms with Crippen molar-refractivity contribution in [2.45, 2.75) is 18.9 Å². The summed E-state index contributed by atoms with van der Waals surface area (Å²) in [5, 5.41) is 3.32. The highest BCUT2D eigenvalue weighted by Gasteiger charge is 2.23. The van der Waals surface area contributed by atoms with E-state index in [0.717, 1.165) is 31.5 Å². The largest absolute Gasteiger partial charge is 0.493 e. The van der Waals surface area contributed by atoms with Gasteiger partial charge in [0.05, 0.1) is 12.7 Å². The average Bonchev–Trinajstić information content (AvgIpc) is 2.62. The van der Waals surface area contributed by atoms with Crippen LogP contribution in [0.1, 0.15) is 23.2 Å². The van der Waals surface area contributed by atoms with Crippen LogP contribution in [0.15, 0.2) is 42.5 Å². The van der Waals surface area contributed by atoms with Crippen molar-refractivity contribution >= 4 is 30.7 Å². The number of hydrogen-bond acceptors (Lipinski definition) is 4. The van der Waals surface area contributed by atoms with Gasteiger partial charge in [0, 0.05) is 5.56 Å². The molecule has 1 aliphatic heterocycles. The molecule has 3 rings (SSSR count). The summed E-state index contributed by atoms with van der Waals surface area (Å²) in [6.45, 7) is 1.84. The van der Waals surface area contributed by atoms with E-state index in [-0.39, 0.29) is 30.9 Å². The Balaban J connectivity index is 0.00000169. The third-order valence-corrected chi connectivity index (χ3v) is 4.24. The Morgan fingerprint density at radius 2 is 1.73 bits per heavy atom. The monoisotopic (exact) mass is 398 g/mol. The molecule has 0 saturated carbocycles. The Hall–Kier alpha value is -1.95. The van der Waals surface area contributed by atoms with Crippen molar-refractivity contribution in [1.29, 1.82) is 0 Å². The number of methoxy groups -OCH3 is 1. The summed E-state index contributed by atoms with van der Waals surface area (Å²) >= 11 is 0. The first-order chi connectivity index (χ1) is 11.7. The van der Waals surface area contributed by atoms with Crippen molar-refractivity contribution in [1.82, 2.24) is 5.32 Å². The number of carbonyl (C=O) groups is 1. The van der Waals surface area contributed by atoms with Gasteiger partial charge in [-0.25, -0.2) is 0 Å². The highest BCUT2D eigenvalue weighted by molar-refractivity contribution is 6.02. The Labute approximate surface area is 166 Å². The Morgan fingerprint density at radius 1 is 1.08 bits per heavy atom. The lowest BCUT2D eigenvalue weighted by atomic mass is 9.97. The molecule has 0 bridgehead atoms. The van der Waals surface area contributed by atoms with Crippen molar-refractivity contribution in [3.05, 3.63) is 48.0 Å². The van der Waals surface area contributed by atoms with Crippen molar-refractivity contribution < 1.29 is 14.3 Å². The van der Waals surface area contributed by atoms with E-state index in [1.54, 1.807) is 19.2 Å². The average molecular weight is 399 g/mol. The molecule has 1 fully saturated rings. The van der Waals surface area contributed by atoms with E-state index in [1.165, 1.54) is 0 Å². The number of rotatable bonds is 5. The number of carbonyl (C=O) groups excluding carboxylic acids is 1. The zero-order valence-corrected chi connectivity index (χ0v) is 16.2. The number of halogens is 2. The van der Waals surface area contributed by atoms with Crippen LogP contribution in [-0.4, -0.2) is 32.2 Å². The number of nitrogens with two attached hydrogens (primary N) is 1. The predicted octanol–water partition coefficient (Wildman–Crippen LogP) is 3.44. The summed E-state index contributed by atoms with van der Waals surface area (Å²) in [4.78, 5) is 12.0. The lowest BCUT2D eigenvalue weighted by Gasteiger charge is -2.26. The van der Waals surface area contributed by atoms with Gasteiger partial charge < -0.3 is 20.5 Å². The van der Waals surface area contributed by atoms with Crippen LogP contribution < -0.4 is 20.5 Å². The zero-order chi connectivity index (χ0) is 16.9. The third-order valence-electron chi connectivity index (χ3n) is 4.24. The fraction of sp³-hybridized carbons (Fsp3) is 0.316. The molecule has 7 heteroatoms. The Morgan fingerprint density at radius 3 is 2.31 bits per heavy atom. The zero-order valence-electron chi connectivity index (χ0n) is 14.6. The smallest absolute Gasteiger partial charge is 0.249 e. The van der Waals surface area contributed by atoms with Gasteiger partial charge in [-0.05, 0) is 43.6 Å². The third kappa shape index (κ3) is 4.81. The molecule has 1 amide bonds. The molecule has 0 aliphatic carbocycles. The van der Waals surface area contributed by atoms with Crippen molar-refractivity contribution in [3.63, 3.8) is 0 Å². The van der Waals surface area contributed by atoms with Crippen molar-refractivity contribution in [2.24, 2.45) is 5.73 Å². The second-order valence-electron chi connectivity index (χ2n) is 5.82. The summed E-state index contributed by atoms with van der Waals surface area (Å²) in [6, 6.07) is 13.1. The van der Waals surface area contributed by atoms with Crippen LogP contribution >= 0.6 is 24.8 Å². The molecule has 0 atom stereocenters. The maximum Gasteiger partial charge on any atom is 0.249 e.